The second kappa shape index (κ2) is 6.03. The van der Waals surface area contributed by atoms with Gasteiger partial charge in [0.1, 0.15) is 11.0 Å². The minimum atomic E-state index is 0.364. The smallest absolute Gasteiger partial charge is 0.132 e. The van der Waals surface area contributed by atoms with E-state index in [9.17, 15) is 0 Å². The molecule has 5 heteroatoms. The van der Waals surface area contributed by atoms with Crippen LogP contribution in [0.25, 0.3) is 0 Å². The van der Waals surface area contributed by atoms with Crippen molar-refractivity contribution in [3.63, 3.8) is 0 Å². The van der Waals surface area contributed by atoms with Crippen LogP contribution in [0.5, 0.6) is 0 Å². The van der Waals surface area contributed by atoms with Crippen molar-refractivity contribution >= 4 is 17.4 Å². The first kappa shape index (κ1) is 13.1. The first-order valence-electron chi connectivity index (χ1n) is 6.05. The minimum Gasteiger partial charge on any atom is -0.381 e. The van der Waals surface area contributed by atoms with Crippen molar-refractivity contribution in [2.75, 3.05) is 31.7 Å². The zero-order valence-corrected chi connectivity index (χ0v) is 11.2. The SMILES string of the molecule is CN(CC1CCOCC1)c1cc(C#N)cc(Cl)n1. The van der Waals surface area contributed by atoms with Gasteiger partial charge in [-0.3, -0.25) is 0 Å². The van der Waals surface area contributed by atoms with Gasteiger partial charge in [0.15, 0.2) is 0 Å². The molecule has 1 aliphatic rings. The van der Waals surface area contributed by atoms with Crippen LogP contribution in [0.3, 0.4) is 0 Å². The van der Waals surface area contributed by atoms with Gasteiger partial charge in [0.05, 0.1) is 11.6 Å². The molecule has 0 saturated carbocycles. The molecule has 1 aromatic heterocycles. The average Bonchev–Trinajstić information content (AvgIpc) is 2.39. The number of nitrogens with zero attached hydrogens (tertiary/aromatic N) is 3. The van der Waals surface area contributed by atoms with E-state index in [0.29, 0.717) is 16.6 Å². The minimum absolute atomic E-state index is 0.364. The summed E-state index contributed by atoms with van der Waals surface area (Å²) in [7, 11) is 1.98. The summed E-state index contributed by atoms with van der Waals surface area (Å²) in [4.78, 5) is 6.31. The van der Waals surface area contributed by atoms with Gasteiger partial charge in [0, 0.05) is 26.8 Å². The third-order valence-corrected chi connectivity index (χ3v) is 3.37. The Bertz CT molecular complexity index is 452. The molecule has 0 bridgehead atoms. The fraction of sp³-hybridized carbons (Fsp3) is 0.538. The maximum absolute atomic E-state index is 8.92. The Morgan fingerprint density at radius 1 is 1.50 bits per heavy atom. The van der Waals surface area contributed by atoms with Crippen LogP contribution in [0, 0.1) is 17.2 Å². The molecular weight excluding hydrogens is 250 g/mol. The average molecular weight is 266 g/mol. The molecule has 0 atom stereocenters. The van der Waals surface area contributed by atoms with E-state index in [-0.39, 0.29) is 0 Å². The van der Waals surface area contributed by atoms with Gasteiger partial charge in [-0.25, -0.2) is 4.98 Å². The molecule has 1 fully saturated rings. The maximum Gasteiger partial charge on any atom is 0.132 e. The van der Waals surface area contributed by atoms with Crippen LogP contribution in [0.4, 0.5) is 5.82 Å². The largest absolute Gasteiger partial charge is 0.381 e. The quantitative estimate of drug-likeness (QED) is 0.788. The molecule has 4 nitrogen and oxygen atoms in total. The zero-order valence-electron chi connectivity index (χ0n) is 10.4. The lowest BCUT2D eigenvalue weighted by molar-refractivity contribution is 0.0685. The van der Waals surface area contributed by atoms with Crippen molar-refractivity contribution in [3.05, 3.63) is 22.8 Å². The number of nitriles is 1. The number of hydrogen-bond donors (Lipinski definition) is 0. The van der Waals surface area contributed by atoms with E-state index >= 15 is 0 Å². The monoisotopic (exact) mass is 265 g/mol. The Kier molecular flexibility index (Phi) is 4.40. The van der Waals surface area contributed by atoms with Crippen LogP contribution in [0.2, 0.25) is 5.15 Å². The second-order valence-corrected chi connectivity index (χ2v) is 4.97. The van der Waals surface area contributed by atoms with E-state index in [1.54, 1.807) is 12.1 Å². The summed E-state index contributed by atoms with van der Waals surface area (Å²) >= 11 is 5.91. The van der Waals surface area contributed by atoms with Crippen LogP contribution in [-0.4, -0.2) is 31.8 Å². The van der Waals surface area contributed by atoms with Gasteiger partial charge in [-0.1, -0.05) is 11.6 Å². The predicted octanol–water partition coefficient (Wildman–Crippen LogP) is 2.47. The van der Waals surface area contributed by atoms with Gasteiger partial charge in [0.25, 0.3) is 0 Å². The van der Waals surface area contributed by atoms with Crippen molar-refractivity contribution in [2.45, 2.75) is 12.8 Å². The van der Waals surface area contributed by atoms with E-state index in [2.05, 4.69) is 16.0 Å². The van der Waals surface area contributed by atoms with Crippen molar-refractivity contribution in [1.82, 2.24) is 4.98 Å². The lowest BCUT2D eigenvalue weighted by Crippen LogP contribution is -2.30. The molecule has 18 heavy (non-hydrogen) atoms. The number of hydrogen-bond acceptors (Lipinski definition) is 4. The van der Waals surface area contributed by atoms with Crippen molar-refractivity contribution in [2.24, 2.45) is 5.92 Å². The molecule has 1 saturated heterocycles. The number of rotatable bonds is 3. The molecule has 0 unspecified atom stereocenters. The lowest BCUT2D eigenvalue weighted by atomic mass is 10.00. The van der Waals surface area contributed by atoms with Gasteiger partial charge in [-0.2, -0.15) is 5.26 Å². The molecule has 96 valence electrons. The first-order valence-corrected chi connectivity index (χ1v) is 6.43. The number of anilines is 1. The third kappa shape index (κ3) is 3.34. The number of pyridine rings is 1. The number of aromatic nitrogens is 1. The summed E-state index contributed by atoms with van der Waals surface area (Å²) in [6.45, 7) is 2.59. The highest BCUT2D eigenvalue weighted by Gasteiger charge is 2.17. The van der Waals surface area contributed by atoms with Crippen LogP contribution in [0.1, 0.15) is 18.4 Å². The van der Waals surface area contributed by atoms with Gasteiger partial charge in [0.2, 0.25) is 0 Å². The second-order valence-electron chi connectivity index (χ2n) is 4.58. The highest BCUT2D eigenvalue weighted by molar-refractivity contribution is 6.29. The molecule has 1 aliphatic heterocycles. The Morgan fingerprint density at radius 2 is 2.22 bits per heavy atom. The predicted molar refractivity (Wildman–Crippen MR) is 70.8 cm³/mol. The molecule has 0 radical (unpaired) electrons. The zero-order chi connectivity index (χ0) is 13.0. The standard InChI is InChI=1S/C13H16ClN3O/c1-17(9-10-2-4-18-5-3-10)13-7-11(8-15)6-12(14)16-13/h6-7,10H,2-5,9H2,1H3. The van der Waals surface area contributed by atoms with Gasteiger partial charge in [-0.15, -0.1) is 0 Å². The highest BCUT2D eigenvalue weighted by atomic mass is 35.5. The number of ether oxygens (including phenoxy) is 1. The highest BCUT2D eigenvalue weighted by Crippen LogP contribution is 2.21. The summed E-state index contributed by atoms with van der Waals surface area (Å²) in [6.07, 6.45) is 2.16. The molecule has 2 heterocycles. The van der Waals surface area contributed by atoms with Gasteiger partial charge in [-0.05, 0) is 30.9 Å². The molecule has 0 spiro atoms. The van der Waals surface area contributed by atoms with E-state index in [1.165, 1.54) is 0 Å². The van der Waals surface area contributed by atoms with E-state index in [0.717, 1.165) is 38.4 Å². The summed E-state index contributed by atoms with van der Waals surface area (Å²) < 4.78 is 5.34. The van der Waals surface area contributed by atoms with Crippen molar-refractivity contribution in [1.29, 1.82) is 5.26 Å². The maximum atomic E-state index is 8.92. The lowest BCUT2D eigenvalue weighted by Gasteiger charge is -2.27. The topological polar surface area (TPSA) is 49.1 Å². The van der Waals surface area contributed by atoms with Crippen LogP contribution >= 0.6 is 11.6 Å². The molecular formula is C13H16ClN3O. The summed E-state index contributed by atoms with van der Waals surface area (Å²) in [5.74, 6) is 1.38. The molecule has 1 aromatic rings. The van der Waals surface area contributed by atoms with Gasteiger partial charge < -0.3 is 9.64 Å². The Labute approximate surface area is 112 Å². The molecule has 2 rings (SSSR count). The number of halogens is 1. The summed E-state index contributed by atoms with van der Waals surface area (Å²) in [6, 6.07) is 5.44. The van der Waals surface area contributed by atoms with E-state index < -0.39 is 0 Å². The third-order valence-electron chi connectivity index (χ3n) is 3.17. The normalized spacial score (nSPS) is 16.3. The molecule has 0 N–H and O–H groups in total. The van der Waals surface area contributed by atoms with E-state index in [4.69, 9.17) is 21.6 Å². The van der Waals surface area contributed by atoms with Gasteiger partial charge >= 0.3 is 0 Å². The Hall–Kier alpha value is -1.31. The molecule has 0 aromatic carbocycles. The Morgan fingerprint density at radius 3 is 2.89 bits per heavy atom. The Balaban J connectivity index is 2.05. The first-order chi connectivity index (χ1) is 8.69. The van der Waals surface area contributed by atoms with Crippen molar-refractivity contribution in [3.8, 4) is 6.07 Å². The van der Waals surface area contributed by atoms with E-state index in [1.807, 2.05) is 7.05 Å². The summed E-state index contributed by atoms with van der Waals surface area (Å²) in [5, 5.41) is 9.28. The molecule has 0 aliphatic carbocycles. The summed E-state index contributed by atoms with van der Waals surface area (Å²) in [5.41, 5.74) is 0.545. The molecule has 0 amide bonds. The van der Waals surface area contributed by atoms with Crippen molar-refractivity contribution < 1.29 is 4.74 Å². The fourth-order valence-corrected chi connectivity index (χ4v) is 2.36. The van der Waals surface area contributed by atoms with Crippen LogP contribution in [-0.2, 0) is 4.74 Å². The van der Waals surface area contributed by atoms with Crippen LogP contribution < -0.4 is 4.90 Å². The fourth-order valence-electron chi connectivity index (χ4n) is 2.15. The van der Waals surface area contributed by atoms with Crippen LogP contribution in [0.15, 0.2) is 12.1 Å².